The van der Waals surface area contributed by atoms with E-state index in [2.05, 4.69) is 52.2 Å². The minimum absolute atomic E-state index is 0.0160. The first kappa shape index (κ1) is 43.3. The van der Waals surface area contributed by atoms with Crippen LogP contribution in [-0.4, -0.2) is 56.4 Å². The molecule has 7 aromatic rings. The van der Waals surface area contributed by atoms with Crippen LogP contribution in [-0.2, 0) is 36.1 Å². The van der Waals surface area contributed by atoms with Crippen molar-refractivity contribution in [2.45, 2.75) is 29.7 Å². The van der Waals surface area contributed by atoms with Crippen LogP contribution < -0.4 is 10.6 Å². The van der Waals surface area contributed by atoms with Crippen molar-refractivity contribution in [3.8, 4) is 0 Å². The molecule has 0 saturated carbocycles. The Kier molecular flexibility index (Phi) is 13.2. The molecule has 0 unspecified atom stereocenters. The number of esters is 1. The number of ether oxygens (including phenoxy) is 1. The molecule has 1 fully saturated rings. The zero-order valence-corrected chi connectivity index (χ0v) is 37.2. The van der Waals surface area contributed by atoms with Crippen LogP contribution in [0.4, 0.5) is 5.13 Å². The summed E-state index contributed by atoms with van der Waals surface area (Å²) in [4.78, 5) is 55.0. The van der Waals surface area contributed by atoms with Crippen molar-refractivity contribution in [3.63, 3.8) is 0 Å². The monoisotopic (exact) mass is 915 g/mol. The number of nitrogens with one attached hydrogen (secondary N) is 2. The Hall–Kier alpha value is -6.99. The first-order valence-electron chi connectivity index (χ1n) is 20.9. The Morgan fingerprint density at radius 3 is 1.78 bits per heavy atom. The van der Waals surface area contributed by atoms with Crippen molar-refractivity contribution < 1.29 is 24.0 Å². The summed E-state index contributed by atoms with van der Waals surface area (Å²) in [6, 6.07) is 57.7. The maximum atomic E-state index is 14.5. The fourth-order valence-electron chi connectivity index (χ4n) is 8.06. The van der Waals surface area contributed by atoms with E-state index >= 15 is 0 Å². The summed E-state index contributed by atoms with van der Waals surface area (Å²) in [5.74, 6) is -1.46. The highest BCUT2D eigenvalue weighted by molar-refractivity contribution is 8.00. The molecule has 2 amide bonds. The average molecular weight is 917 g/mol. The summed E-state index contributed by atoms with van der Waals surface area (Å²) in [5, 5.41) is 12.7. The van der Waals surface area contributed by atoms with E-state index in [1.54, 1.807) is 5.38 Å². The molecule has 6 aromatic carbocycles. The normalized spacial score (nSPS) is 16.1. The van der Waals surface area contributed by atoms with E-state index in [1.165, 1.54) is 28.0 Å². The minimum Gasteiger partial charge on any atom is -0.448 e. The largest absolute Gasteiger partial charge is 0.448 e. The SMILES string of the molecule is O=C(N[C@@H]1C(=O)N2C(C(=O)OC(c3ccccc3)c3ccccc3)=C(CCl)CS[C@H]12)C(=NOCc1ccccc1)c1csc(NC(c2ccccc2)(c2ccccc2)c2ccccc2)n1. The lowest BCUT2D eigenvalue weighted by Crippen LogP contribution is -2.71. The molecule has 0 spiro atoms. The molecule has 9 rings (SSSR count). The molecule has 2 N–H and O–H groups in total. The Morgan fingerprint density at radius 2 is 1.26 bits per heavy atom. The van der Waals surface area contributed by atoms with Gasteiger partial charge in [-0.1, -0.05) is 187 Å². The summed E-state index contributed by atoms with van der Waals surface area (Å²) >= 11 is 9.13. The third-order valence-corrected chi connectivity index (χ3v) is 13.6. The number of β-lactam (4-membered cyclic amide) rings is 1. The molecule has 3 heterocycles. The zero-order valence-electron chi connectivity index (χ0n) is 34.8. The van der Waals surface area contributed by atoms with Gasteiger partial charge in [-0.25, -0.2) is 9.78 Å². The molecule has 2 aliphatic heterocycles. The predicted molar refractivity (Wildman–Crippen MR) is 256 cm³/mol. The maximum Gasteiger partial charge on any atom is 0.356 e. The Morgan fingerprint density at radius 1 is 0.754 bits per heavy atom. The van der Waals surface area contributed by atoms with Crippen LogP contribution in [0.5, 0.6) is 0 Å². The predicted octanol–water partition coefficient (Wildman–Crippen LogP) is 9.69. The van der Waals surface area contributed by atoms with Crippen LogP contribution in [0.2, 0.25) is 0 Å². The van der Waals surface area contributed by atoms with E-state index < -0.39 is 40.8 Å². The molecule has 0 bridgehead atoms. The number of alkyl halides is 1. The number of amides is 2. The van der Waals surface area contributed by atoms with E-state index in [9.17, 15) is 14.4 Å². The molecule has 2 atom stereocenters. The average Bonchev–Trinajstić information content (AvgIpc) is 3.84. The quantitative estimate of drug-likeness (QED) is 0.0246. The zero-order chi connectivity index (χ0) is 44.6. The fourth-order valence-corrected chi connectivity index (χ4v) is 10.5. The molecule has 0 radical (unpaired) electrons. The summed E-state index contributed by atoms with van der Waals surface area (Å²) in [7, 11) is 0. The van der Waals surface area contributed by atoms with Gasteiger partial charge in [0.05, 0.1) is 0 Å². The lowest BCUT2D eigenvalue weighted by atomic mass is 9.77. The van der Waals surface area contributed by atoms with Gasteiger partial charge in [-0.3, -0.25) is 14.5 Å². The topological polar surface area (TPSA) is 122 Å². The molecular weight excluding hydrogens is 874 g/mol. The number of thiazole rings is 1. The lowest BCUT2D eigenvalue weighted by molar-refractivity contribution is -0.154. The highest BCUT2D eigenvalue weighted by Gasteiger charge is 2.55. The van der Waals surface area contributed by atoms with Gasteiger partial charge < -0.3 is 20.2 Å². The second-order valence-electron chi connectivity index (χ2n) is 15.3. The van der Waals surface area contributed by atoms with Gasteiger partial charge in [0.1, 0.15) is 35.0 Å². The first-order valence-corrected chi connectivity index (χ1v) is 23.4. The summed E-state index contributed by atoms with van der Waals surface area (Å²) in [5.41, 5.74) is 5.24. The van der Waals surface area contributed by atoms with Crippen LogP contribution in [0.3, 0.4) is 0 Å². The number of nitrogens with zero attached hydrogens (tertiary/aromatic N) is 3. The smallest absolute Gasteiger partial charge is 0.356 e. The summed E-state index contributed by atoms with van der Waals surface area (Å²) in [6.45, 7) is 0.0883. The van der Waals surface area contributed by atoms with Gasteiger partial charge in [0, 0.05) is 17.0 Å². The van der Waals surface area contributed by atoms with Crippen LogP contribution in [0, 0.1) is 0 Å². The molecule has 0 aliphatic carbocycles. The fraction of sp³-hybridized carbons (Fsp3) is 0.135. The van der Waals surface area contributed by atoms with Crippen LogP contribution in [0.15, 0.2) is 204 Å². The molecule has 1 saturated heterocycles. The van der Waals surface area contributed by atoms with E-state index in [0.29, 0.717) is 16.5 Å². The molecule has 2 aliphatic rings. The molecule has 13 heteroatoms. The Balaban J connectivity index is 0.999. The number of benzene rings is 6. The van der Waals surface area contributed by atoms with Crippen molar-refractivity contribution in [1.29, 1.82) is 0 Å². The van der Waals surface area contributed by atoms with Crippen molar-refractivity contribution in [3.05, 3.63) is 238 Å². The second-order valence-corrected chi connectivity index (χ2v) is 17.5. The minimum atomic E-state index is -0.997. The lowest BCUT2D eigenvalue weighted by Gasteiger charge is -2.49. The number of halogens is 1. The van der Waals surface area contributed by atoms with Crippen LogP contribution >= 0.6 is 34.7 Å². The summed E-state index contributed by atoms with van der Waals surface area (Å²) < 4.78 is 6.22. The van der Waals surface area contributed by atoms with Crippen molar-refractivity contribution in [2.24, 2.45) is 5.16 Å². The van der Waals surface area contributed by atoms with Crippen molar-refractivity contribution in [2.75, 3.05) is 16.9 Å². The third-order valence-electron chi connectivity index (χ3n) is 11.2. The highest BCUT2D eigenvalue weighted by atomic mass is 35.5. The number of fused-ring (bicyclic) bond motifs is 1. The van der Waals surface area contributed by atoms with Gasteiger partial charge in [-0.05, 0) is 39.0 Å². The molecular formula is C52H42ClN5O5S2. The Bertz CT molecular complexity index is 2680. The van der Waals surface area contributed by atoms with Crippen LogP contribution in [0.25, 0.3) is 0 Å². The van der Waals surface area contributed by atoms with E-state index in [4.69, 9.17) is 26.2 Å². The summed E-state index contributed by atoms with van der Waals surface area (Å²) in [6.07, 6.45) is -0.737. The standard InChI is InChI=1S/C52H42ClN5O5S2/c53-31-38-33-64-49-44(48(60)58(49)45(38)50(61)63-46(36-21-9-2-10-22-36)37-23-11-3-12-24-37)55-47(59)43(57-62-32-35-19-7-1-8-20-35)42-34-65-51(54-42)56-52(39-25-13-4-14-26-39,40-27-15-5-16-28-40)41-29-17-6-18-30-41/h1-30,34,44,46,49H,31-33H2,(H,54,56)(H,55,59)/t44-,49-/m1/s1. The molecule has 65 heavy (non-hydrogen) atoms. The van der Waals surface area contributed by atoms with Gasteiger partial charge in [-0.2, -0.15) is 0 Å². The second kappa shape index (κ2) is 19.8. The van der Waals surface area contributed by atoms with Gasteiger partial charge in [0.15, 0.2) is 16.9 Å². The number of carbonyl (C=O) groups is 3. The van der Waals surface area contributed by atoms with Crippen molar-refractivity contribution >= 4 is 63.3 Å². The van der Waals surface area contributed by atoms with Crippen molar-refractivity contribution in [1.82, 2.24) is 15.2 Å². The van der Waals surface area contributed by atoms with E-state index in [-0.39, 0.29) is 29.6 Å². The van der Waals surface area contributed by atoms with Gasteiger partial charge in [0.25, 0.3) is 11.8 Å². The van der Waals surface area contributed by atoms with Gasteiger partial charge in [-0.15, -0.1) is 34.7 Å². The van der Waals surface area contributed by atoms with Gasteiger partial charge in [0.2, 0.25) is 0 Å². The Labute approximate surface area is 390 Å². The molecule has 1 aromatic heterocycles. The number of hydrogen-bond donors (Lipinski definition) is 2. The van der Waals surface area contributed by atoms with Gasteiger partial charge >= 0.3 is 5.97 Å². The number of hydrogen-bond acceptors (Lipinski definition) is 10. The number of anilines is 1. The van der Waals surface area contributed by atoms with E-state index in [0.717, 1.165) is 33.4 Å². The number of thioether (sulfide) groups is 1. The van der Waals surface area contributed by atoms with E-state index in [1.807, 2.05) is 146 Å². The van der Waals surface area contributed by atoms with Crippen LogP contribution in [0.1, 0.15) is 45.2 Å². The number of aromatic nitrogens is 1. The number of oxime groups is 1. The number of rotatable bonds is 16. The maximum absolute atomic E-state index is 14.5. The molecule has 324 valence electrons. The first-order chi connectivity index (χ1) is 31.9. The number of carbonyl (C=O) groups excluding carboxylic acids is 3. The highest BCUT2D eigenvalue weighted by Crippen LogP contribution is 2.43. The molecule has 10 nitrogen and oxygen atoms in total. The third kappa shape index (κ3) is 9.06.